The van der Waals surface area contributed by atoms with Crippen LogP contribution in [0.2, 0.25) is 0 Å². The zero-order valence-corrected chi connectivity index (χ0v) is 29.2. The van der Waals surface area contributed by atoms with E-state index in [0.717, 1.165) is 33.8 Å². The predicted molar refractivity (Wildman–Crippen MR) is 223 cm³/mol. The maximum atomic E-state index is 9.22. The monoisotopic (exact) mass is 665 g/mol. The van der Waals surface area contributed by atoms with Gasteiger partial charge in [0.2, 0.25) is 0 Å². The minimum atomic E-state index is -0.291. The highest BCUT2D eigenvalue weighted by molar-refractivity contribution is 6.25. The number of benzene rings is 9. The van der Waals surface area contributed by atoms with Crippen LogP contribution < -0.4 is 4.90 Å². The highest BCUT2D eigenvalue weighted by Crippen LogP contribution is 2.51. The van der Waals surface area contributed by atoms with Crippen LogP contribution in [0.3, 0.4) is 0 Å². The molecular weight excluding hydrogens is 627 g/mol. The Morgan fingerprint density at radius 3 is 1.67 bits per heavy atom. The number of para-hydroxylation sites is 2. The third kappa shape index (κ3) is 4.85. The van der Waals surface area contributed by atoms with E-state index in [2.05, 4.69) is 164 Å². The Labute approximate surface area is 307 Å². The standard InChI is InChI=1S/C51H37N/c1-51(2)47-32-35(20-28-44(47)45-31-27-42(33-48(45)51)52(40-12-5-3-6-13-40)41-14-7-4-8-15-41)17-16-34-18-21-36(22-19-34)43-29-25-39-24-23-37-10-9-11-38-26-30-46(43)50(39)49(37)38/h3-33H,1-2H3/b17-16+/i16D,17D. The molecule has 0 bridgehead atoms. The first-order chi connectivity index (χ1) is 26.4. The van der Waals surface area contributed by atoms with E-state index in [4.69, 9.17) is 1.37 Å². The number of hydrogen-bond donors (Lipinski definition) is 0. The molecule has 0 atom stereocenters. The Morgan fingerprint density at radius 2 is 0.981 bits per heavy atom. The van der Waals surface area contributed by atoms with Crippen molar-refractivity contribution in [1.82, 2.24) is 0 Å². The molecule has 0 aliphatic heterocycles. The molecule has 0 saturated heterocycles. The van der Waals surface area contributed by atoms with Gasteiger partial charge >= 0.3 is 0 Å². The molecule has 0 amide bonds. The topological polar surface area (TPSA) is 3.24 Å². The first-order valence-corrected chi connectivity index (χ1v) is 18.0. The number of rotatable bonds is 6. The zero-order chi connectivity index (χ0) is 36.6. The molecule has 0 unspecified atom stereocenters. The van der Waals surface area contributed by atoms with Crippen molar-refractivity contribution in [1.29, 1.82) is 0 Å². The number of nitrogens with zero attached hydrogens (tertiary/aromatic N) is 1. The van der Waals surface area contributed by atoms with E-state index < -0.39 is 0 Å². The molecule has 0 saturated carbocycles. The summed E-state index contributed by atoms with van der Waals surface area (Å²) >= 11 is 0. The van der Waals surface area contributed by atoms with Gasteiger partial charge in [0, 0.05) is 22.5 Å². The van der Waals surface area contributed by atoms with Crippen molar-refractivity contribution in [2.24, 2.45) is 0 Å². The largest absolute Gasteiger partial charge is 0.310 e. The van der Waals surface area contributed by atoms with Crippen molar-refractivity contribution in [3.63, 3.8) is 0 Å². The Hall–Kier alpha value is -6.44. The van der Waals surface area contributed by atoms with Gasteiger partial charge in [0.25, 0.3) is 0 Å². The molecule has 52 heavy (non-hydrogen) atoms. The Bertz CT molecular complexity index is 2850. The van der Waals surface area contributed by atoms with Crippen molar-refractivity contribution in [2.45, 2.75) is 19.3 Å². The first-order valence-electron chi connectivity index (χ1n) is 19.0. The smallest absolute Gasteiger partial charge is 0.0629 e. The highest BCUT2D eigenvalue weighted by atomic mass is 15.1. The lowest BCUT2D eigenvalue weighted by Gasteiger charge is -2.28. The summed E-state index contributed by atoms with van der Waals surface area (Å²) in [5.41, 5.74) is 11.6. The van der Waals surface area contributed by atoms with Gasteiger partial charge in [0.15, 0.2) is 0 Å². The molecule has 246 valence electrons. The van der Waals surface area contributed by atoms with Crippen LogP contribution in [0.25, 0.3) is 66.7 Å². The van der Waals surface area contributed by atoms with Crippen LogP contribution >= 0.6 is 0 Å². The van der Waals surface area contributed by atoms with Crippen LogP contribution in [0.15, 0.2) is 176 Å². The van der Waals surface area contributed by atoms with Crippen molar-refractivity contribution in [3.8, 4) is 22.3 Å². The second-order valence-electron chi connectivity index (χ2n) is 14.4. The number of anilines is 3. The van der Waals surface area contributed by atoms with Crippen molar-refractivity contribution in [3.05, 3.63) is 198 Å². The highest BCUT2D eigenvalue weighted by Gasteiger charge is 2.36. The summed E-state index contributed by atoms with van der Waals surface area (Å²) < 4.78 is 18.4. The van der Waals surface area contributed by atoms with Gasteiger partial charge in [-0.2, -0.15) is 0 Å². The van der Waals surface area contributed by atoms with Gasteiger partial charge < -0.3 is 4.90 Å². The van der Waals surface area contributed by atoms with Crippen LogP contribution in [0.4, 0.5) is 17.1 Å². The molecule has 9 aromatic rings. The number of fused-ring (bicyclic) bond motifs is 3. The summed E-state index contributed by atoms with van der Waals surface area (Å²) in [7, 11) is 0. The van der Waals surface area contributed by atoms with E-state index in [1.807, 2.05) is 30.3 Å². The van der Waals surface area contributed by atoms with Crippen molar-refractivity contribution < 1.29 is 2.74 Å². The molecule has 10 rings (SSSR count). The maximum absolute atomic E-state index is 9.22. The average molecular weight is 666 g/mol. The third-order valence-electron chi connectivity index (χ3n) is 11.0. The van der Waals surface area contributed by atoms with Crippen molar-refractivity contribution in [2.75, 3.05) is 4.90 Å². The molecular formula is C51H37N. The Balaban J connectivity index is 0.984. The summed E-state index contributed by atoms with van der Waals surface area (Å²) in [5, 5.41) is 7.59. The van der Waals surface area contributed by atoms with E-state index in [0.29, 0.717) is 0 Å². The van der Waals surface area contributed by atoms with Crippen LogP contribution in [0.1, 0.15) is 38.8 Å². The van der Waals surface area contributed by atoms with E-state index in [-0.39, 0.29) is 17.5 Å². The van der Waals surface area contributed by atoms with Gasteiger partial charge in [-0.3, -0.25) is 0 Å². The fourth-order valence-electron chi connectivity index (χ4n) is 8.41. The van der Waals surface area contributed by atoms with Gasteiger partial charge in [0.1, 0.15) is 0 Å². The molecule has 0 radical (unpaired) electrons. The fraction of sp³-hybridized carbons (Fsp3) is 0.0588. The minimum Gasteiger partial charge on any atom is -0.310 e. The molecule has 1 nitrogen and oxygen atoms in total. The second kappa shape index (κ2) is 11.8. The molecule has 1 aliphatic carbocycles. The lowest BCUT2D eigenvalue weighted by atomic mass is 9.81. The van der Waals surface area contributed by atoms with Crippen LogP contribution in [0, 0.1) is 0 Å². The summed E-state index contributed by atoms with van der Waals surface area (Å²) in [4.78, 5) is 2.30. The van der Waals surface area contributed by atoms with Crippen molar-refractivity contribution >= 4 is 61.5 Å². The molecule has 0 N–H and O–H groups in total. The first kappa shape index (κ1) is 28.3. The normalized spacial score (nSPS) is 14.2. The summed E-state index contributed by atoms with van der Waals surface area (Å²) in [6.45, 7) is 4.54. The molecule has 0 fully saturated rings. The Kier molecular flexibility index (Phi) is 6.43. The lowest BCUT2D eigenvalue weighted by Crippen LogP contribution is -2.16. The van der Waals surface area contributed by atoms with Gasteiger partial charge in [-0.15, -0.1) is 0 Å². The molecule has 1 heteroatoms. The average Bonchev–Trinajstić information content (AvgIpc) is 3.45. The molecule has 0 aromatic heterocycles. The van der Waals surface area contributed by atoms with Crippen LogP contribution in [-0.2, 0) is 5.41 Å². The molecule has 0 heterocycles. The zero-order valence-electron chi connectivity index (χ0n) is 31.2. The van der Waals surface area contributed by atoms with Crippen LogP contribution in [-0.4, -0.2) is 0 Å². The van der Waals surface area contributed by atoms with E-state index in [9.17, 15) is 1.37 Å². The molecule has 0 spiro atoms. The second-order valence-corrected chi connectivity index (χ2v) is 14.4. The van der Waals surface area contributed by atoms with Gasteiger partial charge in [-0.25, -0.2) is 0 Å². The van der Waals surface area contributed by atoms with Gasteiger partial charge in [-0.1, -0.05) is 165 Å². The SMILES string of the molecule is [2H]/C(=C(/[2H])c1ccc2c(c1)C(C)(C)c1cc(N(c3ccccc3)c3ccccc3)ccc1-2)c1ccc(-c2ccc3ccc4cccc5ccc2c3c45)cc1. The summed E-state index contributed by atoms with van der Waals surface area (Å²) in [6, 6.07) is 62.5. The lowest BCUT2D eigenvalue weighted by molar-refractivity contribution is 0.660. The Morgan fingerprint density at radius 1 is 0.442 bits per heavy atom. The fourth-order valence-corrected chi connectivity index (χ4v) is 8.41. The maximum Gasteiger partial charge on any atom is 0.0629 e. The van der Waals surface area contributed by atoms with Crippen LogP contribution in [0.5, 0.6) is 0 Å². The van der Waals surface area contributed by atoms with Gasteiger partial charge in [-0.05, 0) is 113 Å². The summed E-state index contributed by atoms with van der Waals surface area (Å²) in [5.74, 6) is 0. The van der Waals surface area contributed by atoms with E-state index in [1.165, 1.54) is 60.1 Å². The quantitative estimate of drug-likeness (QED) is 0.126. The van der Waals surface area contributed by atoms with Gasteiger partial charge in [0.05, 0.1) is 2.74 Å². The molecule has 1 aliphatic rings. The third-order valence-corrected chi connectivity index (χ3v) is 11.0. The predicted octanol–water partition coefficient (Wildman–Crippen LogP) is 14.2. The molecule has 9 aromatic carbocycles. The van der Waals surface area contributed by atoms with E-state index >= 15 is 0 Å². The summed E-state index contributed by atoms with van der Waals surface area (Å²) in [6.07, 6.45) is 0. The number of hydrogen-bond acceptors (Lipinski definition) is 1. The van der Waals surface area contributed by atoms with E-state index in [1.54, 1.807) is 0 Å². The minimum absolute atomic E-state index is 0.217.